The van der Waals surface area contributed by atoms with Crippen LogP contribution in [-0.2, 0) is 4.79 Å². The number of nitrogens with zero attached hydrogens (tertiary/aromatic N) is 2. The van der Waals surface area contributed by atoms with Gasteiger partial charge in [-0.2, -0.15) is 0 Å². The summed E-state index contributed by atoms with van der Waals surface area (Å²) in [7, 11) is 2.01. The molecule has 0 aliphatic carbocycles. The van der Waals surface area contributed by atoms with E-state index in [4.69, 9.17) is 0 Å². The lowest BCUT2D eigenvalue weighted by molar-refractivity contribution is -0.117. The Morgan fingerprint density at radius 1 is 1.53 bits per heavy atom. The topological polar surface area (TPSA) is 57.3 Å². The third kappa shape index (κ3) is 3.99. The molecule has 0 aromatic carbocycles. The van der Waals surface area contributed by atoms with Gasteiger partial charge in [0.15, 0.2) is 5.13 Å². The Kier molecular flexibility index (Phi) is 4.54. The number of likely N-dealkylation sites (tertiary alicyclic amines) is 1. The number of aromatic nitrogens is 1. The molecule has 1 amide bonds. The van der Waals surface area contributed by atoms with Gasteiger partial charge in [-0.15, -0.1) is 11.3 Å². The fourth-order valence-electron chi connectivity index (χ4n) is 2.23. The van der Waals surface area contributed by atoms with Crippen molar-refractivity contribution in [3.63, 3.8) is 0 Å². The van der Waals surface area contributed by atoms with Crippen LogP contribution in [0.15, 0.2) is 5.38 Å². The molecule has 0 bridgehead atoms. The molecule has 0 spiro atoms. The third-order valence-corrected chi connectivity index (χ3v) is 4.67. The fourth-order valence-corrected chi connectivity index (χ4v) is 2.93. The van der Waals surface area contributed by atoms with Gasteiger partial charge in [0.25, 0.3) is 0 Å². The first kappa shape index (κ1) is 14.4. The Morgan fingerprint density at radius 3 is 2.74 bits per heavy atom. The van der Waals surface area contributed by atoms with Crippen molar-refractivity contribution in [1.82, 2.24) is 15.2 Å². The molecule has 0 radical (unpaired) electrons. The third-order valence-electron chi connectivity index (χ3n) is 3.80. The number of amides is 1. The van der Waals surface area contributed by atoms with E-state index < -0.39 is 0 Å². The highest BCUT2D eigenvalue weighted by molar-refractivity contribution is 7.13. The lowest BCUT2D eigenvalue weighted by Gasteiger charge is -2.38. The van der Waals surface area contributed by atoms with Crippen LogP contribution in [0.4, 0.5) is 5.13 Å². The molecule has 19 heavy (non-hydrogen) atoms. The van der Waals surface area contributed by atoms with E-state index in [1.54, 1.807) is 0 Å². The Morgan fingerprint density at radius 2 is 2.21 bits per heavy atom. The van der Waals surface area contributed by atoms with Crippen LogP contribution in [0.1, 0.15) is 25.5 Å². The lowest BCUT2D eigenvalue weighted by atomic mass is 9.90. The molecule has 2 N–H and O–H groups in total. The Hall–Kier alpha value is -0.980. The Bertz CT molecular complexity index is 438. The Labute approximate surface area is 118 Å². The van der Waals surface area contributed by atoms with Gasteiger partial charge in [-0.05, 0) is 33.7 Å². The van der Waals surface area contributed by atoms with Gasteiger partial charge in [0.1, 0.15) is 0 Å². The molecule has 1 aromatic heterocycles. The van der Waals surface area contributed by atoms with Gasteiger partial charge in [-0.25, -0.2) is 4.98 Å². The van der Waals surface area contributed by atoms with Crippen molar-refractivity contribution in [3.05, 3.63) is 11.1 Å². The van der Waals surface area contributed by atoms with Crippen molar-refractivity contribution in [2.24, 2.45) is 0 Å². The van der Waals surface area contributed by atoms with Crippen LogP contribution in [-0.4, -0.2) is 48.0 Å². The summed E-state index contributed by atoms with van der Waals surface area (Å²) in [5.41, 5.74) is 1.17. The number of rotatable bonds is 4. The first-order chi connectivity index (χ1) is 9.00. The first-order valence-corrected chi connectivity index (χ1v) is 7.52. The summed E-state index contributed by atoms with van der Waals surface area (Å²) in [5.74, 6) is 0.0300. The number of aryl methyl sites for hydroxylation is 1. The minimum atomic E-state index is 0.0300. The SMILES string of the molecule is CNC1(C)CCN(CC(=O)Nc2nc(C)cs2)CC1. The van der Waals surface area contributed by atoms with Crippen LogP contribution >= 0.6 is 11.3 Å². The van der Waals surface area contributed by atoms with Crippen molar-refractivity contribution in [1.29, 1.82) is 0 Å². The van der Waals surface area contributed by atoms with Crippen LogP contribution in [0.3, 0.4) is 0 Å². The quantitative estimate of drug-likeness (QED) is 0.878. The molecule has 1 aromatic rings. The van der Waals surface area contributed by atoms with Gasteiger partial charge in [-0.1, -0.05) is 0 Å². The van der Waals surface area contributed by atoms with Gasteiger partial charge in [0.05, 0.1) is 12.2 Å². The van der Waals surface area contributed by atoms with Gasteiger partial charge < -0.3 is 10.6 Å². The zero-order valence-electron chi connectivity index (χ0n) is 11.8. The average molecular weight is 282 g/mol. The molecule has 0 atom stereocenters. The molecule has 0 saturated carbocycles. The summed E-state index contributed by atoms with van der Waals surface area (Å²) in [4.78, 5) is 18.4. The van der Waals surface area contributed by atoms with E-state index in [1.165, 1.54) is 11.3 Å². The molecule has 5 nitrogen and oxygen atoms in total. The van der Waals surface area contributed by atoms with Gasteiger partial charge in [0.2, 0.25) is 5.91 Å². The predicted octanol–water partition coefficient (Wildman–Crippen LogP) is 1.46. The molecule has 1 aliphatic heterocycles. The molecule has 1 fully saturated rings. The number of carbonyl (C=O) groups is 1. The summed E-state index contributed by atoms with van der Waals surface area (Å²) in [6, 6.07) is 0. The minimum absolute atomic E-state index is 0.0300. The van der Waals surface area contributed by atoms with E-state index in [-0.39, 0.29) is 11.4 Å². The van der Waals surface area contributed by atoms with E-state index in [9.17, 15) is 4.79 Å². The van der Waals surface area contributed by atoms with E-state index in [2.05, 4.69) is 27.4 Å². The highest BCUT2D eigenvalue weighted by Gasteiger charge is 2.28. The number of nitrogens with one attached hydrogen (secondary N) is 2. The molecule has 2 heterocycles. The van der Waals surface area contributed by atoms with E-state index in [0.717, 1.165) is 31.6 Å². The summed E-state index contributed by atoms with van der Waals surface area (Å²) in [6.45, 7) is 6.54. The second kappa shape index (κ2) is 5.98. The number of piperidine rings is 1. The van der Waals surface area contributed by atoms with Gasteiger partial charge in [-0.3, -0.25) is 9.69 Å². The van der Waals surface area contributed by atoms with Crippen LogP contribution in [0.25, 0.3) is 0 Å². The van der Waals surface area contributed by atoms with Crippen LogP contribution in [0, 0.1) is 6.92 Å². The second-order valence-corrected chi connectivity index (χ2v) is 6.29. The van der Waals surface area contributed by atoms with Gasteiger partial charge in [0, 0.05) is 24.0 Å². The smallest absolute Gasteiger partial charge is 0.240 e. The van der Waals surface area contributed by atoms with Crippen molar-refractivity contribution >= 4 is 22.4 Å². The maximum atomic E-state index is 11.9. The van der Waals surface area contributed by atoms with Crippen molar-refractivity contribution in [3.8, 4) is 0 Å². The minimum Gasteiger partial charge on any atom is -0.314 e. The summed E-state index contributed by atoms with van der Waals surface area (Å²) in [5, 5.41) is 8.85. The predicted molar refractivity (Wildman–Crippen MR) is 78.6 cm³/mol. The number of hydrogen-bond donors (Lipinski definition) is 2. The zero-order valence-corrected chi connectivity index (χ0v) is 12.6. The number of thiazole rings is 1. The number of anilines is 1. The standard InChI is InChI=1S/C13H22N4OS/c1-10-9-19-12(15-10)16-11(18)8-17-6-4-13(2,14-3)5-7-17/h9,14H,4-8H2,1-3H3,(H,15,16,18). The van der Waals surface area contributed by atoms with Crippen molar-refractivity contribution in [2.45, 2.75) is 32.2 Å². The lowest BCUT2D eigenvalue weighted by Crippen LogP contribution is -2.51. The highest BCUT2D eigenvalue weighted by atomic mass is 32.1. The first-order valence-electron chi connectivity index (χ1n) is 6.64. The molecule has 1 saturated heterocycles. The molecular formula is C13H22N4OS. The monoisotopic (exact) mass is 282 g/mol. The van der Waals surface area contributed by atoms with Crippen LogP contribution in [0.5, 0.6) is 0 Å². The zero-order chi connectivity index (χ0) is 13.9. The van der Waals surface area contributed by atoms with Crippen LogP contribution < -0.4 is 10.6 Å². The molecule has 106 valence electrons. The summed E-state index contributed by atoms with van der Waals surface area (Å²) < 4.78 is 0. The Balaban J connectivity index is 1.78. The second-order valence-electron chi connectivity index (χ2n) is 5.43. The number of carbonyl (C=O) groups excluding carboxylic acids is 1. The fraction of sp³-hybridized carbons (Fsp3) is 0.692. The molecular weight excluding hydrogens is 260 g/mol. The molecule has 1 aliphatic rings. The van der Waals surface area contributed by atoms with E-state index in [0.29, 0.717) is 11.7 Å². The van der Waals surface area contributed by atoms with Crippen molar-refractivity contribution in [2.75, 3.05) is 32.0 Å². The van der Waals surface area contributed by atoms with Crippen molar-refractivity contribution < 1.29 is 4.79 Å². The summed E-state index contributed by atoms with van der Waals surface area (Å²) >= 11 is 1.47. The maximum Gasteiger partial charge on any atom is 0.240 e. The molecule has 0 unspecified atom stereocenters. The largest absolute Gasteiger partial charge is 0.314 e. The van der Waals surface area contributed by atoms with E-state index in [1.807, 2.05) is 19.4 Å². The van der Waals surface area contributed by atoms with E-state index >= 15 is 0 Å². The molecule has 6 heteroatoms. The number of hydrogen-bond acceptors (Lipinski definition) is 5. The normalized spacial score (nSPS) is 19.3. The van der Waals surface area contributed by atoms with Gasteiger partial charge >= 0.3 is 0 Å². The molecule has 2 rings (SSSR count). The highest BCUT2D eigenvalue weighted by Crippen LogP contribution is 2.21. The maximum absolute atomic E-state index is 11.9. The average Bonchev–Trinajstić information content (AvgIpc) is 2.78. The van der Waals surface area contributed by atoms with Crippen LogP contribution in [0.2, 0.25) is 0 Å². The summed E-state index contributed by atoms with van der Waals surface area (Å²) in [6.07, 6.45) is 2.15.